The summed E-state index contributed by atoms with van der Waals surface area (Å²) in [5.74, 6) is -0.635. The second-order valence-electron chi connectivity index (χ2n) is 4.07. The van der Waals surface area contributed by atoms with Gasteiger partial charge in [0.25, 0.3) is 0 Å². The fourth-order valence-corrected chi connectivity index (χ4v) is 1.77. The number of allylic oxidation sites excluding steroid dienone is 2. The van der Waals surface area contributed by atoms with Crippen LogP contribution in [0.2, 0.25) is 0 Å². The van der Waals surface area contributed by atoms with Crippen LogP contribution in [0.25, 0.3) is 0 Å². The number of hydrogen-bond donors (Lipinski definition) is 0. The van der Waals surface area contributed by atoms with E-state index in [1.54, 1.807) is 0 Å². The van der Waals surface area contributed by atoms with Gasteiger partial charge < -0.3 is 9.15 Å². The maximum Gasteiger partial charge on any atom is 0.227 e. The molecule has 2 rings (SSSR count). The van der Waals surface area contributed by atoms with Gasteiger partial charge in [-0.3, -0.25) is 9.59 Å². The monoisotopic (exact) mass is 264 g/mol. The van der Waals surface area contributed by atoms with Gasteiger partial charge in [-0.15, -0.1) is 0 Å². The summed E-state index contributed by atoms with van der Waals surface area (Å²) in [6, 6.07) is 0.993. The van der Waals surface area contributed by atoms with Gasteiger partial charge in [0, 0.05) is 6.07 Å². The number of carbonyl (C=O) groups is 1. The van der Waals surface area contributed by atoms with E-state index >= 15 is 0 Å². The van der Waals surface area contributed by atoms with Crippen molar-refractivity contribution >= 4 is 6.29 Å². The molecule has 0 amide bonds. The normalized spacial score (nSPS) is 14.1. The van der Waals surface area contributed by atoms with E-state index in [2.05, 4.69) is 0 Å². The standard InChI is InChI=1S/C14H13FO4/c15-7-11-6-12(17)14(13(8-16)19-11)18-9-10-4-2-1-3-5-10/h2,4-6,8H,1,3,7,9H2. The van der Waals surface area contributed by atoms with Crippen molar-refractivity contribution in [2.24, 2.45) is 0 Å². The third-order valence-corrected chi connectivity index (χ3v) is 2.67. The number of halogens is 1. The molecule has 0 spiro atoms. The molecule has 0 saturated heterocycles. The van der Waals surface area contributed by atoms with Gasteiger partial charge in [0.05, 0.1) is 0 Å². The zero-order chi connectivity index (χ0) is 13.7. The highest BCUT2D eigenvalue weighted by atomic mass is 19.1. The summed E-state index contributed by atoms with van der Waals surface area (Å²) in [4.78, 5) is 22.5. The molecule has 0 saturated carbocycles. The summed E-state index contributed by atoms with van der Waals surface area (Å²) >= 11 is 0. The molecule has 0 atom stereocenters. The second kappa shape index (κ2) is 6.13. The molecular weight excluding hydrogens is 251 g/mol. The first-order valence-electron chi connectivity index (χ1n) is 5.91. The molecular formula is C14H13FO4. The van der Waals surface area contributed by atoms with Gasteiger partial charge in [-0.25, -0.2) is 4.39 Å². The summed E-state index contributed by atoms with van der Waals surface area (Å²) in [7, 11) is 0. The smallest absolute Gasteiger partial charge is 0.227 e. The van der Waals surface area contributed by atoms with Crippen LogP contribution >= 0.6 is 0 Å². The van der Waals surface area contributed by atoms with Gasteiger partial charge in [-0.2, -0.15) is 0 Å². The number of ether oxygens (including phenoxy) is 1. The average Bonchev–Trinajstić information content (AvgIpc) is 2.46. The van der Waals surface area contributed by atoms with Crippen LogP contribution in [0.1, 0.15) is 29.2 Å². The van der Waals surface area contributed by atoms with Crippen molar-refractivity contribution in [3.8, 4) is 5.75 Å². The Kier molecular flexibility index (Phi) is 4.28. The zero-order valence-corrected chi connectivity index (χ0v) is 10.2. The number of alkyl halides is 1. The quantitative estimate of drug-likeness (QED) is 0.767. The molecule has 0 radical (unpaired) electrons. The number of aldehydes is 1. The molecule has 0 N–H and O–H groups in total. The minimum atomic E-state index is -0.940. The van der Waals surface area contributed by atoms with Crippen molar-refractivity contribution in [1.82, 2.24) is 0 Å². The van der Waals surface area contributed by atoms with Crippen LogP contribution in [0.4, 0.5) is 4.39 Å². The van der Waals surface area contributed by atoms with E-state index in [1.807, 2.05) is 18.2 Å². The van der Waals surface area contributed by atoms with E-state index < -0.39 is 12.1 Å². The molecule has 19 heavy (non-hydrogen) atoms. The summed E-state index contributed by atoms with van der Waals surface area (Å²) in [5.41, 5.74) is 0.374. The van der Waals surface area contributed by atoms with E-state index in [-0.39, 0.29) is 23.9 Å². The fraction of sp³-hybridized carbons (Fsp3) is 0.286. The van der Waals surface area contributed by atoms with Crippen LogP contribution in [-0.2, 0) is 6.67 Å². The summed E-state index contributed by atoms with van der Waals surface area (Å²) in [6.07, 6.45) is 8.16. The van der Waals surface area contributed by atoms with Gasteiger partial charge in [0.15, 0.2) is 6.29 Å². The van der Waals surface area contributed by atoms with E-state index in [9.17, 15) is 14.0 Å². The predicted molar refractivity (Wildman–Crippen MR) is 67.1 cm³/mol. The van der Waals surface area contributed by atoms with E-state index in [4.69, 9.17) is 9.15 Å². The van der Waals surface area contributed by atoms with E-state index in [1.165, 1.54) is 0 Å². The highest BCUT2D eigenvalue weighted by Crippen LogP contribution is 2.16. The second-order valence-corrected chi connectivity index (χ2v) is 4.07. The molecule has 0 bridgehead atoms. The molecule has 1 aromatic heterocycles. The van der Waals surface area contributed by atoms with Crippen molar-refractivity contribution in [2.75, 3.05) is 6.61 Å². The summed E-state index contributed by atoms with van der Waals surface area (Å²) in [6.45, 7) is -0.763. The molecule has 0 aromatic carbocycles. The molecule has 0 aliphatic heterocycles. The Morgan fingerprint density at radius 3 is 2.89 bits per heavy atom. The number of carbonyl (C=O) groups excluding carboxylic acids is 1. The molecule has 1 aliphatic rings. The SMILES string of the molecule is O=Cc1oc(CF)cc(=O)c1OCC1=CCCC=C1. The summed E-state index contributed by atoms with van der Waals surface area (Å²) < 4.78 is 22.7. The van der Waals surface area contributed by atoms with Crippen LogP contribution in [0.3, 0.4) is 0 Å². The molecule has 0 fully saturated rings. The van der Waals surface area contributed by atoms with Gasteiger partial charge in [0.2, 0.25) is 16.9 Å². The highest BCUT2D eigenvalue weighted by molar-refractivity contribution is 5.74. The van der Waals surface area contributed by atoms with Gasteiger partial charge >= 0.3 is 0 Å². The van der Waals surface area contributed by atoms with Crippen LogP contribution in [-0.4, -0.2) is 12.9 Å². The van der Waals surface area contributed by atoms with Gasteiger partial charge in [0.1, 0.15) is 19.0 Å². The van der Waals surface area contributed by atoms with Gasteiger partial charge in [-0.1, -0.05) is 18.2 Å². The van der Waals surface area contributed by atoms with Crippen LogP contribution < -0.4 is 10.2 Å². The molecule has 1 heterocycles. The minimum absolute atomic E-state index is 0.174. The Labute approximate surface area is 109 Å². The van der Waals surface area contributed by atoms with E-state index in [0.29, 0.717) is 6.29 Å². The molecule has 0 unspecified atom stereocenters. The molecule has 5 heteroatoms. The largest absolute Gasteiger partial charge is 0.481 e. The number of rotatable bonds is 5. The zero-order valence-electron chi connectivity index (χ0n) is 10.2. The highest BCUT2D eigenvalue weighted by Gasteiger charge is 2.13. The van der Waals surface area contributed by atoms with Crippen molar-refractivity contribution in [1.29, 1.82) is 0 Å². The minimum Gasteiger partial charge on any atom is -0.481 e. The Morgan fingerprint density at radius 2 is 2.26 bits per heavy atom. The summed E-state index contributed by atoms with van der Waals surface area (Å²) in [5, 5.41) is 0. The fourth-order valence-electron chi connectivity index (χ4n) is 1.77. The lowest BCUT2D eigenvalue weighted by Gasteiger charge is -2.10. The first kappa shape index (κ1) is 13.3. The lowest BCUT2D eigenvalue weighted by Crippen LogP contribution is -2.13. The lowest BCUT2D eigenvalue weighted by atomic mass is 10.1. The Hall–Kier alpha value is -2.17. The lowest BCUT2D eigenvalue weighted by molar-refractivity contribution is 0.108. The van der Waals surface area contributed by atoms with Crippen molar-refractivity contribution in [3.05, 3.63) is 51.6 Å². The number of hydrogen-bond acceptors (Lipinski definition) is 4. The molecule has 1 aliphatic carbocycles. The molecule has 100 valence electrons. The Morgan fingerprint density at radius 1 is 1.42 bits per heavy atom. The van der Waals surface area contributed by atoms with Crippen LogP contribution in [0.5, 0.6) is 5.75 Å². The predicted octanol–water partition coefficient (Wildman–Crippen LogP) is 2.58. The first-order chi connectivity index (χ1) is 9.24. The first-order valence-corrected chi connectivity index (χ1v) is 5.91. The third-order valence-electron chi connectivity index (χ3n) is 2.67. The molecule has 1 aromatic rings. The van der Waals surface area contributed by atoms with E-state index in [0.717, 1.165) is 24.5 Å². The molecule has 4 nitrogen and oxygen atoms in total. The van der Waals surface area contributed by atoms with Crippen molar-refractivity contribution in [3.63, 3.8) is 0 Å². The van der Waals surface area contributed by atoms with Crippen molar-refractivity contribution < 1.29 is 18.3 Å². The van der Waals surface area contributed by atoms with Gasteiger partial charge in [-0.05, 0) is 18.4 Å². The van der Waals surface area contributed by atoms with Crippen LogP contribution in [0, 0.1) is 0 Å². The Balaban J connectivity index is 2.20. The van der Waals surface area contributed by atoms with Crippen molar-refractivity contribution in [2.45, 2.75) is 19.5 Å². The Bertz CT molecular complexity index is 584. The topological polar surface area (TPSA) is 56.5 Å². The maximum absolute atomic E-state index is 12.4. The average molecular weight is 264 g/mol. The third kappa shape index (κ3) is 3.19. The van der Waals surface area contributed by atoms with Crippen LogP contribution in [0.15, 0.2) is 39.1 Å². The maximum atomic E-state index is 12.4.